The summed E-state index contributed by atoms with van der Waals surface area (Å²) < 4.78 is 56.2. The highest BCUT2D eigenvalue weighted by Gasteiger charge is 2.20. The molecule has 188 valence electrons. The molecule has 0 fully saturated rings. The Morgan fingerprint density at radius 2 is 1.68 bits per heavy atom. The first kappa shape index (κ1) is 24.5. The summed E-state index contributed by atoms with van der Waals surface area (Å²) in [6.45, 7) is -2.75. The van der Waals surface area contributed by atoms with E-state index in [0.29, 0.717) is 33.6 Å². The third-order valence-electron chi connectivity index (χ3n) is 5.91. The maximum absolute atomic E-state index is 14.7. The molecule has 1 unspecified atom stereocenters. The van der Waals surface area contributed by atoms with Crippen molar-refractivity contribution in [1.29, 1.82) is 0 Å². The lowest BCUT2D eigenvalue weighted by molar-refractivity contribution is 0.0568. The van der Waals surface area contributed by atoms with Gasteiger partial charge in [0.1, 0.15) is 5.82 Å². The summed E-state index contributed by atoms with van der Waals surface area (Å²) >= 11 is 5.93. The number of rotatable bonds is 7. The largest absolute Gasteiger partial charge is 0.398 e. The van der Waals surface area contributed by atoms with Crippen molar-refractivity contribution in [2.75, 3.05) is 5.73 Å². The molecule has 5 aromatic rings. The van der Waals surface area contributed by atoms with Gasteiger partial charge in [0.2, 0.25) is 0 Å². The lowest BCUT2D eigenvalue weighted by atomic mass is 10.0. The lowest BCUT2D eigenvalue weighted by Gasteiger charge is -2.18. The number of anilines is 1. The molecule has 0 saturated carbocycles. The van der Waals surface area contributed by atoms with E-state index in [4.69, 9.17) is 17.3 Å². The van der Waals surface area contributed by atoms with Gasteiger partial charge in [-0.3, -0.25) is 9.67 Å². The zero-order chi connectivity index (χ0) is 26.1. The van der Waals surface area contributed by atoms with Crippen LogP contribution in [0.3, 0.4) is 0 Å². The number of nitrogen functional groups attached to an aromatic ring is 1. The molecule has 0 aliphatic rings. The minimum absolute atomic E-state index is 0.0548. The van der Waals surface area contributed by atoms with Gasteiger partial charge in [-0.2, -0.15) is 19.0 Å². The van der Waals surface area contributed by atoms with Gasteiger partial charge in [0.15, 0.2) is 5.82 Å². The second kappa shape index (κ2) is 10.1. The molecule has 1 atom stereocenters. The van der Waals surface area contributed by atoms with Crippen LogP contribution in [0.5, 0.6) is 0 Å². The molecule has 3 aromatic heterocycles. The molecule has 2 aromatic carbocycles. The Kier molecular flexibility index (Phi) is 6.66. The topological polar surface area (TPSA) is 74.5 Å². The Morgan fingerprint density at radius 1 is 0.892 bits per heavy atom. The molecule has 6 nitrogen and oxygen atoms in total. The minimum Gasteiger partial charge on any atom is -0.398 e. The summed E-state index contributed by atoms with van der Waals surface area (Å²) in [4.78, 5) is 4.55. The number of halogens is 5. The van der Waals surface area contributed by atoms with Gasteiger partial charge < -0.3 is 5.73 Å². The maximum atomic E-state index is 14.7. The predicted octanol–water partition coefficient (Wildman–Crippen LogP) is 6.55. The standard InChI is InChI=1S/C26H19ClF4N6/c27-19-6-7-20(32)24(25(19)29)16-3-8-22(33-12-16)23(11-15-1-4-18(28)5-2-15)37-14-17(13-34-37)21-9-10-36(35-21)26(30)31/h1-10,12-14,23,26H,11,32H2. The Labute approximate surface area is 213 Å². The fraction of sp³-hybridized carbons (Fsp3) is 0.115. The molecule has 0 bridgehead atoms. The Hall–Kier alpha value is -4.18. The van der Waals surface area contributed by atoms with Crippen LogP contribution >= 0.6 is 11.6 Å². The van der Waals surface area contributed by atoms with E-state index in [1.807, 2.05) is 0 Å². The third kappa shape index (κ3) is 5.05. The fourth-order valence-corrected chi connectivity index (χ4v) is 4.19. The van der Waals surface area contributed by atoms with Crippen LogP contribution < -0.4 is 5.73 Å². The summed E-state index contributed by atoms with van der Waals surface area (Å²) in [5, 5.41) is 8.26. The van der Waals surface area contributed by atoms with Crippen molar-refractivity contribution in [2.45, 2.75) is 19.0 Å². The van der Waals surface area contributed by atoms with Gasteiger partial charge >= 0.3 is 6.55 Å². The highest BCUT2D eigenvalue weighted by Crippen LogP contribution is 2.33. The number of alkyl halides is 2. The average molecular weight is 527 g/mol. The molecular formula is C26H19ClF4N6. The van der Waals surface area contributed by atoms with E-state index in [-0.39, 0.29) is 22.1 Å². The highest BCUT2D eigenvalue weighted by atomic mass is 35.5. The van der Waals surface area contributed by atoms with E-state index in [1.54, 1.807) is 35.1 Å². The third-order valence-corrected chi connectivity index (χ3v) is 6.20. The van der Waals surface area contributed by atoms with Crippen LogP contribution in [-0.4, -0.2) is 24.5 Å². The molecule has 3 heterocycles. The fourth-order valence-electron chi connectivity index (χ4n) is 4.03. The average Bonchev–Trinajstić information content (AvgIpc) is 3.57. The first-order valence-electron chi connectivity index (χ1n) is 11.1. The first-order valence-corrected chi connectivity index (χ1v) is 11.5. The Bertz CT molecular complexity index is 1530. The van der Waals surface area contributed by atoms with Gasteiger partial charge in [-0.15, -0.1) is 0 Å². The first-order chi connectivity index (χ1) is 17.8. The van der Waals surface area contributed by atoms with Crippen LogP contribution in [0.4, 0.5) is 23.2 Å². The van der Waals surface area contributed by atoms with Crippen molar-refractivity contribution in [3.8, 4) is 22.4 Å². The molecule has 2 N–H and O–H groups in total. The predicted molar refractivity (Wildman–Crippen MR) is 132 cm³/mol. The number of hydrogen-bond acceptors (Lipinski definition) is 4. The van der Waals surface area contributed by atoms with Crippen molar-refractivity contribution in [3.63, 3.8) is 0 Å². The zero-order valence-electron chi connectivity index (χ0n) is 19.1. The van der Waals surface area contributed by atoms with E-state index < -0.39 is 18.4 Å². The number of hydrogen-bond donors (Lipinski definition) is 1. The lowest BCUT2D eigenvalue weighted by Crippen LogP contribution is -2.15. The summed E-state index contributed by atoms with van der Waals surface area (Å²) in [6, 6.07) is 13.4. The van der Waals surface area contributed by atoms with Crippen LogP contribution in [-0.2, 0) is 6.42 Å². The van der Waals surface area contributed by atoms with Crippen LogP contribution in [0.1, 0.15) is 23.8 Å². The van der Waals surface area contributed by atoms with Crippen LogP contribution in [0, 0.1) is 11.6 Å². The normalized spacial score (nSPS) is 12.3. The Balaban J connectivity index is 1.51. The smallest absolute Gasteiger partial charge is 0.333 e. The molecule has 11 heteroatoms. The van der Waals surface area contributed by atoms with Crippen LogP contribution in [0.2, 0.25) is 5.02 Å². The monoisotopic (exact) mass is 526 g/mol. The molecule has 0 spiro atoms. The highest BCUT2D eigenvalue weighted by molar-refractivity contribution is 6.31. The zero-order valence-corrected chi connectivity index (χ0v) is 19.8. The van der Waals surface area contributed by atoms with Crippen molar-refractivity contribution in [2.24, 2.45) is 0 Å². The number of pyridine rings is 1. The molecule has 0 aliphatic carbocycles. The van der Waals surface area contributed by atoms with Crippen molar-refractivity contribution >= 4 is 17.3 Å². The van der Waals surface area contributed by atoms with Gasteiger partial charge in [-0.05, 0) is 42.0 Å². The second-order valence-electron chi connectivity index (χ2n) is 8.31. The SMILES string of the molecule is Nc1ccc(Cl)c(F)c1-c1ccc(C(Cc2ccc(F)cc2)n2cc(-c3ccn(C(F)F)n3)cn2)nc1. The second-order valence-corrected chi connectivity index (χ2v) is 8.72. The number of nitrogens with zero attached hydrogens (tertiary/aromatic N) is 5. The quantitative estimate of drug-likeness (QED) is 0.193. The van der Waals surface area contributed by atoms with Crippen LogP contribution in [0.25, 0.3) is 22.4 Å². The van der Waals surface area contributed by atoms with Gasteiger partial charge in [-0.25, -0.2) is 13.5 Å². The maximum Gasteiger partial charge on any atom is 0.333 e. The minimum atomic E-state index is -2.75. The summed E-state index contributed by atoms with van der Waals surface area (Å²) in [5.74, 6) is -1.00. The van der Waals surface area contributed by atoms with E-state index in [9.17, 15) is 17.6 Å². The van der Waals surface area contributed by atoms with E-state index in [0.717, 1.165) is 5.56 Å². The number of aromatic nitrogens is 5. The van der Waals surface area contributed by atoms with E-state index in [2.05, 4.69) is 15.2 Å². The van der Waals surface area contributed by atoms with E-state index >= 15 is 0 Å². The summed E-state index contributed by atoms with van der Waals surface area (Å²) in [5.41, 5.74) is 9.07. The van der Waals surface area contributed by atoms with Gasteiger partial charge in [-0.1, -0.05) is 29.8 Å². The van der Waals surface area contributed by atoms with Gasteiger partial charge in [0.05, 0.1) is 28.6 Å². The van der Waals surface area contributed by atoms with E-state index in [1.165, 1.54) is 48.9 Å². The molecule has 37 heavy (non-hydrogen) atoms. The number of benzene rings is 2. The summed E-state index contributed by atoms with van der Waals surface area (Å²) in [7, 11) is 0. The number of nitrogens with two attached hydrogens (primary N) is 1. The summed E-state index contributed by atoms with van der Waals surface area (Å²) in [6.07, 6.45) is 6.27. The van der Waals surface area contributed by atoms with Crippen molar-refractivity contribution < 1.29 is 17.6 Å². The molecule has 0 aliphatic heterocycles. The van der Waals surface area contributed by atoms with Crippen molar-refractivity contribution in [3.05, 3.63) is 107 Å². The van der Waals surface area contributed by atoms with Gasteiger partial charge in [0.25, 0.3) is 0 Å². The van der Waals surface area contributed by atoms with Crippen LogP contribution in [0.15, 0.2) is 79.4 Å². The molecule has 0 saturated heterocycles. The molecule has 0 radical (unpaired) electrons. The molecule has 5 rings (SSSR count). The Morgan fingerprint density at radius 3 is 2.35 bits per heavy atom. The molecule has 0 amide bonds. The van der Waals surface area contributed by atoms with Crippen molar-refractivity contribution in [1.82, 2.24) is 24.5 Å². The molecular weight excluding hydrogens is 508 g/mol. The van der Waals surface area contributed by atoms with Gasteiger partial charge in [0, 0.05) is 47.4 Å².